The molecule has 0 aliphatic heterocycles. The van der Waals surface area contributed by atoms with Gasteiger partial charge in [-0.3, -0.25) is 9.20 Å². The summed E-state index contributed by atoms with van der Waals surface area (Å²) in [5, 5.41) is 0.684. The minimum absolute atomic E-state index is 0.118. The SMILES string of the molecule is CCC(Sc1ncc2ccccn12)C(=O)c1ccc(OC)cc1. The molecule has 1 atom stereocenters. The number of methoxy groups -OCH3 is 1. The number of fused-ring (bicyclic) bond motifs is 1. The Labute approximate surface area is 139 Å². The van der Waals surface area contributed by atoms with Gasteiger partial charge >= 0.3 is 0 Å². The molecule has 0 radical (unpaired) electrons. The Morgan fingerprint density at radius 3 is 2.74 bits per heavy atom. The molecular formula is C18H18N2O2S. The second-order valence-electron chi connectivity index (χ2n) is 5.14. The van der Waals surface area contributed by atoms with E-state index < -0.39 is 0 Å². The standard InChI is InChI=1S/C18H18N2O2S/c1-3-16(17(21)13-7-9-15(22-2)10-8-13)23-18-19-12-14-6-4-5-11-20(14)18/h4-12,16H,3H2,1-2H3. The molecule has 2 heterocycles. The second kappa shape index (κ2) is 6.87. The molecular weight excluding hydrogens is 308 g/mol. The third-order valence-electron chi connectivity index (χ3n) is 3.69. The first-order valence-corrected chi connectivity index (χ1v) is 8.38. The normalized spacial score (nSPS) is 12.3. The Kier molecular flexibility index (Phi) is 4.67. The van der Waals surface area contributed by atoms with Crippen LogP contribution in [0, 0.1) is 0 Å². The Bertz CT molecular complexity index is 811. The van der Waals surface area contributed by atoms with E-state index in [-0.39, 0.29) is 11.0 Å². The van der Waals surface area contributed by atoms with Gasteiger partial charge in [-0.05, 0) is 42.8 Å². The predicted octanol–water partition coefficient (Wildman–Crippen LogP) is 4.10. The van der Waals surface area contributed by atoms with Gasteiger partial charge in [0.15, 0.2) is 10.9 Å². The fourth-order valence-corrected chi connectivity index (χ4v) is 3.45. The largest absolute Gasteiger partial charge is 0.497 e. The number of aromatic nitrogens is 2. The van der Waals surface area contributed by atoms with Gasteiger partial charge in [0, 0.05) is 11.8 Å². The quantitative estimate of drug-likeness (QED) is 0.505. The molecule has 5 heteroatoms. The average Bonchev–Trinajstić information content (AvgIpc) is 3.02. The van der Waals surface area contributed by atoms with E-state index in [9.17, 15) is 4.79 Å². The van der Waals surface area contributed by atoms with E-state index in [1.54, 1.807) is 7.11 Å². The summed E-state index contributed by atoms with van der Waals surface area (Å²) in [7, 11) is 1.62. The van der Waals surface area contributed by atoms with E-state index in [4.69, 9.17) is 4.74 Å². The van der Waals surface area contributed by atoms with Crippen LogP contribution in [0.3, 0.4) is 0 Å². The first-order valence-electron chi connectivity index (χ1n) is 7.50. The molecule has 118 valence electrons. The summed E-state index contributed by atoms with van der Waals surface area (Å²) in [5.41, 5.74) is 1.73. The summed E-state index contributed by atoms with van der Waals surface area (Å²) in [5.74, 6) is 0.870. The van der Waals surface area contributed by atoms with E-state index in [0.29, 0.717) is 5.56 Å². The topological polar surface area (TPSA) is 43.6 Å². The zero-order valence-corrected chi connectivity index (χ0v) is 13.9. The summed E-state index contributed by atoms with van der Waals surface area (Å²) in [4.78, 5) is 17.2. The number of imidazole rings is 1. The summed E-state index contributed by atoms with van der Waals surface area (Å²) >= 11 is 1.51. The number of rotatable bonds is 6. The molecule has 1 unspecified atom stereocenters. The second-order valence-corrected chi connectivity index (χ2v) is 6.31. The maximum Gasteiger partial charge on any atom is 0.176 e. The third kappa shape index (κ3) is 3.24. The summed E-state index contributed by atoms with van der Waals surface area (Å²) in [6.07, 6.45) is 4.54. The van der Waals surface area contributed by atoms with E-state index >= 15 is 0 Å². The van der Waals surface area contributed by atoms with Crippen LogP contribution in [-0.4, -0.2) is 27.5 Å². The molecule has 0 spiro atoms. The fourth-order valence-electron chi connectivity index (χ4n) is 2.40. The van der Waals surface area contributed by atoms with Crippen molar-refractivity contribution < 1.29 is 9.53 Å². The van der Waals surface area contributed by atoms with Crippen LogP contribution in [0.4, 0.5) is 0 Å². The molecule has 4 nitrogen and oxygen atoms in total. The minimum Gasteiger partial charge on any atom is -0.497 e. The van der Waals surface area contributed by atoms with Gasteiger partial charge in [0.2, 0.25) is 0 Å². The molecule has 0 saturated carbocycles. The predicted molar refractivity (Wildman–Crippen MR) is 92.5 cm³/mol. The van der Waals surface area contributed by atoms with Crippen molar-refractivity contribution in [1.29, 1.82) is 0 Å². The molecule has 0 aliphatic rings. The van der Waals surface area contributed by atoms with Crippen LogP contribution < -0.4 is 4.74 Å². The van der Waals surface area contributed by atoms with Gasteiger partial charge in [0.1, 0.15) is 5.75 Å². The number of ether oxygens (including phenoxy) is 1. The van der Waals surface area contributed by atoms with Gasteiger partial charge in [-0.1, -0.05) is 24.8 Å². The number of thioether (sulfide) groups is 1. The van der Waals surface area contributed by atoms with Gasteiger partial charge in [0.25, 0.3) is 0 Å². The molecule has 2 aromatic heterocycles. The van der Waals surface area contributed by atoms with Crippen molar-refractivity contribution >= 4 is 23.1 Å². The van der Waals surface area contributed by atoms with Crippen LogP contribution in [0.5, 0.6) is 5.75 Å². The molecule has 3 rings (SSSR count). The molecule has 0 saturated heterocycles. The highest BCUT2D eigenvalue weighted by atomic mass is 32.2. The maximum atomic E-state index is 12.7. The molecule has 0 N–H and O–H groups in total. The number of benzene rings is 1. The first kappa shape index (κ1) is 15.6. The van der Waals surface area contributed by atoms with E-state index in [1.165, 1.54) is 11.8 Å². The molecule has 0 bridgehead atoms. The lowest BCUT2D eigenvalue weighted by atomic mass is 10.1. The van der Waals surface area contributed by atoms with Crippen molar-refractivity contribution in [2.75, 3.05) is 7.11 Å². The lowest BCUT2D eigenvalue weighted by Gasteiger charge is -2.13. The van der Waals surface area contributed by atoms with E-state index in [2.05, 4.69) is 4.98 Å². The van der Waals surface area contributed by atoms with E-state index in [1.807, 2.05) is 66.2 Å². The third-order valence-corrected chi connectivity index (χ3v) is 5.04. The lowest BCUT2D eigenvalue weighted by molar-refractivity contribution is 0.0988. The Morgan fingerprint density at radius 1 is 1.26 bits per heavy atom. The molecule has 23 heavy (non-hydrogen) atoms. The van der Waals surface area contributed by atoms with Gasteiger partial charge in [-0.25, -0.2) is 4.98 Å². The lowest BCUT2D eigenvalue weighted by Crippen LogP contribution is -2.17. The van der Waals surface area contributed by atoms with Crippen molar-refractivity contribution in [3.05, 3.63) is 60.4 Å². The number of pyridine rings is 1. The maximum absolute atomic E-state index is 12.7. The fraction of sp³-hybridized carbons (Fsp3) is 0.222. The van der Waals surface area contributed by atoms with Crippen molar-refractivity contribution in [3.63, 3.8) is 0 Å². The number of carbonyl (C=O) groups excluding carboxylic acids is 1. The van der Waals surface area contributed by atoms with Crippen molar-refractivity contribution in [2.24, 2.45) is 0 Å². The van der Waals surface area contributed by atoms with Crippen LogP contribution >= 0.6 is 11.8 Å². The number of ketones is 1. The van der Waals surface area contributed by atoms with Crippen molar-refractivity contribution in [1.82, 2.24) is 9.38 Å². The Balaban J connectivity index is 1.82. The monoisotopic (exact) mass is 326 g/mol. The number of carbonyl (C=O) groups is 1. The number of hydrogen-bond acceptors (Lipinski definition) is 4. The molecule has 3 aromatic rings. The molecule has 0 aliphatic carbocycles. The van der Waals surface area contributed by atoms with Crippen LogP contribution in [0.15, 0.2) is 60.0 Å². The van der Waals surface area contributed by atoms with Gasteiger partial charge < -0.3 is 4.74 Å². The molecule has 1 aromatic carbocycles. The molecule has 0 fully saturated rings. The highest BCUT2D eigenvalue weighted by molar-refractivity contribution is 8.00. The van der Waals surface area contributed by atoms with Crippen molar-refractivity contribution in [2.45, 2.75) is 23.8 Å². The highest BCUT2D eigenvalue weighted by Crippen LogP contribution is 2.28. The van der Waals surface area contributed by atoms with Gasteiger partial charge in [-0.15, -0.1) is 0 Å². The van der Waals surface area contributed by atoms with Gasteiger partial charge in [-0.2, -0.15) is 0 Å². The Hall–Kier alpha value is -2.27. The zero-order valence-electron chi connectivity index (χ0n) is 13.1. The summed E-state index contributed by atoms with van der Waals surface area (Å²) < 4.78 is 7.15. The first-order chi connectivity index (χ1) is 11.2. The summed E-state index contributed by atoms with van der Waals surface area (Å²) in [6.45, 7) is 2.02. The van der Waals surface area contributed by atoms with Crippen LogP contribution in [0.25, 0.3) is 5.52 Å². The average molecular weight is 326 g/mol. The van der Waals surface area contributed by atoms with Crippen molar-refractivity contribution in [3.8, 4) is 5.75 Å². The highest BCUT2D eigenvalue weighted by Gasteiger charge is 2.21. The zero-order chi connectivity index (χ0) is 16.2. The van der Waals surface area contributed by atoms with Crippen LogP contribution in [0.2, 0.25) is 0 Å². The summed E-state index contributed by atoms with van der Waals surface area (Å²) in [6, 6.07) is 13.2. The minimum atomic E-state index is -0.158. The van der Waals surface area contributed by atoms with E-state index in [0.717, 1.165) is 22.8 Å². The molecule has 0 amide bonds. The van der Waals surface area contributed by atoms with Crippen LogP contribution in [0.1, 0.15) is 23.7 Å². The number of Topliss-reactive ketones (excluding diaryl/α,β-unsaturated/α-hetero) is 1. The van der Waals surface area contributed by atoms with Gasteiger partial charge in [0.05, 0.1) is 24.1 Å². The number of hydrogen-bond donors (Lipinski definition) is 0. The Morgan fingerprint density at radius 2 is 2.04 bits per heavy atom. The smallest absolute Gasteiger partial charge is 0.176 e. The van der Waals surface area contributed by atoms with Crippen LogP contribution in [-0.2, 0) is 0 Å². The number of nitrogens with zero attached hydrogens (tertiary/aromatic N) is 2.